The molecule has 204 valence electrons. The Hall–Kier alpha value is -2.06. The highest BCUT2D eigenvalue weighted by Gasteiger charge is 2.57. The number of aliphatic hydroxyl groups is 1. The van der Waals surface area contributed by atoms with Crippen LogP contribution in [0, 0.1) is 28.1 Å². The maximum atomic E-state index is 10.8. The number of para-hydroxylation sites is 1. The number of fused-ring (bicyclic) bond motifs is 4. The monoisotopic (exact) mass is 504 g/mol. The molecule has 0 amide bonds. The van der Waals surface area contributed by atoms with Crippen LogP contribution in [-0.2, 0) is 0 Å². The standard InChI is InChI=1S/C29H40O2.C4H6.C2H6/c1-19(31-20-9-7-6-8-10-20)22-12-13-23-21-11-14-25-27(2,3)26(30)16-18-29(25,5)24(21)15-17-28(22,23)4;1-3-4-2;1-2/h6-10,13,19,22,25-26,30H,11-12,14-18H2,1-5H3;3-4H,1-2H2;1-2H3. The van der Waals surface area contributed by atoms with E-state index in [1.165, 1.54) is 25.7 Å². The van der Waals surface area contributed by atoms with Crippen molar-refractivity contribution in [1.82, 2.24) is 0 Å². The van der Waals surface area contributed by atoms with E-state index in [-0.39, 0.29) is 28.5 Å². The Morgan fingerprint density at radius 2 is 1.59 bits per heavy atom. The SMILES string of the molecule is C=CC=C.CC.CC(Oc1ccccc1)C1CC=C2C3=C(CCC21C)C1(C)CCC(O)C(C)(C)C1CC3. The Morgan fingerprint density at radius 3 is 2.22 bits per heavy atom. The molecule has 6 atom stereocenters. The summed E-state index contributed by atoms with van der Waals surface area (Å²) in [6, 6.07) is 10.3. The molecule has 0 heterocycles. The number of hydrogen-bond acceptors (Lipinski definition) is 2. The van der Waals surface area contributed by atoms with Crippen molar-refractivity contribution in [2.45, 2.75) is 106 Å². The second kappa shape index (κ2) is 11.8. The topological polar surface area (TPSA) is 29.5 Å². The van der Waals surface area contributed by atoms with Crippen LogP contribution in [0.2, 0.25) is 0 Å². The van der Waals surface area contributed by atoms with Gasteiger partial charge >= 0.3 is 0 Å². The second-order valence-corrected chi connectivity index (χ2v) is 12.3. The zero-order chi connectivity index (χ0) is 27.4. The molecule has 1 aromatic carbocycles. The molecule has 0 aromatic heterocycles. The van der Waals surface area contributed by atoms with E-state index in [1.807, 2.05) is 19.9 Å². The predicted octanol–water partition coefficient (Wildman–Crippen LogP) is 9.48. The fraction of sp³-hybridized carbons (Fsp3) is 0.600. The summed E-state index contributed by atoms with van der Waals surface area (Å²) in [5.74, 6) is 2.11. The lowest BCUT2D eigenvalue weighted by Crippen LogP contribution is -2.53. The minimum Gasteiger partial charge on any atom is -0.490 e. The Morgan fingerprint density at radius 1 is 0.946 bits per heavy atom. The summed E-state index contributed by atoms with van der Waals surface area (Å²) in [6.07, 6.45) is 14.0. The number of hydrogen-bond donors (Lipinski definition) is 1. The first-order chi connectivity index (χ1) is 17.6. The summed E-state index contributed by atoms with van der Waals surface area (Å²) in [5.41, 5.74) is 5.56. The number of rotatable bonds is 4. The van der Waals surface area contributed by atoms with Gasteiger partial charge in [-0.05, 0) is 97.3 Å². The maximum Gasteiger partial charge on any atom is 0.119 e. The molecule has 1 N–H and O–H groups in total. The Balaban J connectivity index is 0.000000580. The molecule has 6 unspecified atom stereocenters. The lowest BCUT2D eigenvalue weighted by Gasteiger charge is -2.59. The van der Waals surface area contributed by atoms with E-state index in [0.717, 1.165) is 25.0 Å². The second-order valence-electron chi connectivity index (χ2n) is 12.3. The molecule has 2 heteroatoms. The highest BCUT2D eigenvalue weighted by atomic mass is 16.5. The molecule has 1 saturated carbocycles. The van der Waals surface area contributed by atoms with Crippen molar-refractivity contribution < 1.29 is 9.84 Å². The third kappa shape index (κ3) is 5.29. The maximum absolute atomic E-state index is 10.8. The van der Waals surface area contributed by atoms with Gasteiger partial charge in [0.1, 0.15) is 5.75 Å². The fourth-order valence-electron chi connectivity index (χ4n) is 8.22. The van der Waals surface area contributed by atoms with E-state index in [9.17, 15) is 5.11 Å². The highest BCUT2D eigenvalue weighted by molar-refractivity contribution is 5.50. The first-order valence-corrected chi connectivity index (χ1v) is 14.7. The van der Waals surface area contributed by atoms with E-state index < -0.39 is 0 Å². The van der Waals surface area contributed by atoms with Crippen LogP contribution in [-0.4, -0.2) is 17.3 Å². The minimum atomic E-state index is -0.160. The van der Waals surface area contributed by atoms with Gasteiger partial charge in [-0.3, -0.25) is 0 Å². The van der Waals surface area contributed by atoms with Crippen LogP contribution in [0.1, 0.15) is 93.4 Å². The summed E-state index contributed by atoms with van der Waals surface area (Å²) in [6.45, 7) is 22.6. The molecule has 0 aliphatic heterocycles. The van der Waals surface area contributed by atoms with E-state index in [4.69, 9.17) is 4.74 Å². The van der Waals surface area contributed by atoms with Crippen LogP contribution in [0.4, 0.5) is 0 Å². The molecule has 0 bridgehead atoms. The average Bonchev–Trinajstić information content (AvgIpc) is 3.26. The summed E-state index contributed by atoms with van der Waals surface area (Å²) in [5, 5.41) is 10.8. The van der Waals surface area contributed by atoms with Crippen molar-refractivity contribution >= 4 is 0 Å². The fourth-order valence-corrected chi connectivity index (χ4v) is 8.22. The number of allylic oxidation sites excluding steroid dienone is 6. The van der Waals surface area contributed by atoms with E-state index in [2.05, 4.69) is 78.1 Å². The lowest BCUT2D eigenvalue weighted by molar-refractivity contribution is -0.0906. The zero-order valence-corrected chi connectivity index (χ0v) is 24.6. The number of ether oxygens (including phenoxy) is 1. The van der Waals surface area contributed by atoms with Gasteiger partial charge < -0.3 is 9.84 Å². The van der Waals surface area contributed by atoms with Gasteiger partial charge in [-0.2, -0.15) is 0 Å². The van der Waals surface area contributed by atoms with Gasteiger partial charge in [0.25, 0.3) is 0 Å². The van der Waals surface area contributed by atoms with Crippen molar-refractivity contribution in [2.24, 2.45) is 28.1 Å². The lowest BCUT2D eigenvalue weighted by atomic mass is 9.46. The molecule has 0 spiro atoms. The van der Waals surface area contributed by atoms with Crippen LogP contribution < -0.4 is 4.74 Å². The quantitative estimate of drug-likeness (QED) is 0.414. The van der Waals surface area contributed by atoms with E-state index in [0.29, 0.717) is 11.8 Å². The molecule has 37 heavy (non-hydrogen) atoms. The first kappa shape index (κ1) is 29.5. The van der Waals surface area contributed by atoms with Crippen molar-refractivity contribution in [3.8, 4) is 5.75 Å². The smallest absolute Gasteiger partial charge is 0.119 e. The van der Waals surface area contributed by atoms with Crippen molar-refractivity contribution in [2.75, 3.05) is 0 Å². The molecule has 0 saturated heterocycles. The third-order valence-corrected chi connectivity index (χ3v) is 10.2. The molecule has 1 aromatic rings. The van der Waals surface area contributed by atoms with Crippen LogP contribution >= 0.6 is 0 Å². The van der Waals surface area contributed by atoms with Crippen LogP contribution in [0.25, 0.3) is 0 Å². The molecule has 1 fully saturated rings. The number of aliphatic hydroxyl groups excluding tert-OH is 1. The van der Waals surface area contributed by atoms with Gasteiger partial charge in [-0.1, -0.05) is 96.7 Å². The Bertz CT molecular complexity index is 993. The summed E-state index contributed by atoms with van der Waals surface area (Å²) in [7, 11) is 0. The molecule has 4 aliphatic rings. The summed E-state index contributed by atoms with van der Waals surface area (Å²) >= 11 is 0. The summed E-state index contributed by atoms with van der Waals surface area (Å²) < 4.78 is 6.42. The third-order valence-electron chi connectivity index (χ3n) is 10.2. The molecule has 2 nitrogen and oxygen atoms in total. The average molecular weight is 505 g/mol. The predicted molar refractivity (Wildman–Crippen MR) is 159 cm³/mol. The van der Waals surface area contributed by atoms with Crippen molar-refractivity contribution in [3.63, 3.8) is 0 Å². The van der Waals surface area contributed by atoms with Gasteiger partial charge in [-0.25, -0.2) is 0 Å². The molecular formula is C35H52O2. The largest absolute Gasteiger partial charge is 0.490 e. The number of benzene rings is 1. The molecule has 4 aliphatic carbocycles. The van der Waals surface area contributed by atoms with Crippen LogP contribution in [0.15, 0.2) is 78.4 Å². The van der Waals surface area contributed by atoms with Crippen molar-refractivity contribution in [1.29, 1.82) is 0 Å². The van der Waals surface area contributed by atoms with Gasteiger partial charge in [-0.15, -0.1) is 0 Å². The highest BCUT2D eigenvalue weighted by Crippen LogP contribution is 2.66. The molecule has 5 rings (SSSR count). The molecular weight excluding hydrogens is 452 g/mol. The Labute approximate surface area is 227 Å². The zero-order valence-electron chi connectivity index (χ0n) is 24.6. The Kier molecular flexibility index (Phi) is 9.38. The summed E-state index contributed by atoms with van der Waals surface area (Å²) in [4.78, 5) is 0. The van der Waals surface area contributed by atoms with Crippen LogP contribution in [0.5, 0.6) is 5.75 Å². The van der Waals surface area contributed by atoms with Gasteiger partial charge in [0.2, 0.25) is 0 Å². The van der Waals surface area contributed by atoms with Gasteiger partial charge in [0.15, 0.2) is 0 Å². The van der Waals surface area contributed by atoms with E-state index >= 15 is 0 Å². The van der Waals surface area contributed by atoms with Crippen molar-refractivity contribution in [3.05, 3.63) is 78.4 Å². The molecule has 0 radical (unpaired) electrons. The first-order valence-electron chi connectivity index (χ1n) is 14.7. The normalized spacial score (nSPS) is 34.1. The van der Waals surface area contributed by atoms with E-state index in [1.54, 1.807) is 28.9 Å². The van der Waals surface area contributed by atoms with Gasteiger partial charge in [0.05, 0.1) is 12.2 Å². The minimum absolute atomic E-state index is 0.0108. The van der Waals surface area contributed by atoms with Gasteiger partial charge in [0, 0.05) is 5.92 Å². The van der Waals surface area contributed by atoms with Crippen LogP contribution in [0.3, 0.4) is 0 Å².